The number of imidazole rings is 1. The lowest BCUT2D eigenvalue weighted by atomic mass is 10.1. The third-order valence-corrected chi connectivity index (χ3v) is 4.00. The van der Waals surface area contributed by atoms with Crippen LogP contribution in [0, 0.1) is 0 Å². The standard InChI is InChI=1S/C19H28N2/c1-2-3-4-5-6-7-8-12-16-21-17-15-20-19(21)18-13-10-9-11-14-18/h9-11,13-15,17H,2-8,12,16H2,1H3. The number of hydrogen-bond donors (Lipinski definition) is 0. The van der Waals surface area contributed by atoms with Crippen LogP contribution in [0.2, 0.25) is 0 Å². The highest BCUT2D eigenvalue weighted by atomic mass is 15.1. The summed E-state index contributed by atoms with van der Waals surface area (Å²) >= 11 is 0. The molecule has 0 spiro atoms. The largest absolute Gasteiger partial charge is 0.331 e. The molecule has 0 aliphatic rings. The van der Waals surface area contributed by atoms with Crippen molar-refractivity contribution in [1.82, 2.24) is 9.55 Å². The zero-order valence-corrected chi connectivity index (χ0v) is 13.3. The van der Waals surface area contributed by atoms with Gasteiger partial charge in [0.1, 0.15) is 5.82 Å². The van der Waals surface area contributed by atoms with Crippen LogP contribution in [0.3, 0.4) is 0 Å². The van der Waals surface area contributed by atoms with Gasteiger partial charge in [-0.2, -0.15) is 0 Å². The number of rotatable bonds is 10. The molecule has 1 aromatic heterocycles. The van der Waals surface area contributed by atoms with Crippen LogP contribution in [0.5, 0.6) is 0 Å². The van der Waals surface area contributed by atoms with E-state index >= 15 is 0 Å². The summed E-state index contributed by atoms with van der Waals surface area (Å²) < 4.78 is 2.28. The topological polar surface area (TPSA) is 17.8 Å². The zero-order valence-electron chi connectivity index (χ0n) is 13.3. The first-order valence-electron chi connectivity index (χ1n) is 8.48. The Morgan fingerprint density at radius 1 is 0.857 bits per heavy atom. The summed E-state index contributed by atoms with van der Waals surface area (Å²) in [6, 6.07) is 10.5. The number of aromatic nitrogens is 2. The van der Waals surface area contributed by atoms with Gasteiger partial charge in [0.25, 0.3) is 0 Å². The van der Waals surface area contributed by atoms with E-state index in [0.29, 0.717) is 0 Å². The first-order valence-corrected chi connectivity index (χ1v) is 8.48. The van der Waals surface area contributed by atoms with E-state index < -0.39 is 0 Å². The van der Waals surface area contributed by atoms with Crippen molar-refractivity contribution in [3.8, 4) is 11.4 Å². The van der Waals surface area contributed by atoms with Crippen molar-refractivity contribution in [2.24, 2.45) is 0 Å². The third-order valence-electron chi connectivity index (χ3n) is 4.00. The molecular weight excluding hydrogens is 256 g/mol. The van der Waals surface area contributed by atoms with Gasteiger partial charge in [-0.15, -0.1) is 0 Å². The third kappa shape index (κ3) is 5.37. The zero-order chi connectivity index (χ0) is 14.8. The van der Waals surface area contributed by atoms with Gasteiger partial charge in [0.05, 0.1) is 0 Å². The minimum Gasteiger partial charge on any atom is -0.331 e. The Morgan fingerprint density at radius 3 is 2.24 bits per heavy atom. The van der Waals surface area contributed by atoms with E-state index in [1.165, 1.54) is 56.9 Å². The minimum absolute atomic E-state index is 1.08. The lowest BCUT2D eigenvalue weighted by molar-refractivity contribution is 0.545. The lowest BCUT2D eigenvalue weighted by Gasteiger charge is -2.08. The van der Waals surface area contributed by atoms with Crippen molar-refractivity contribution in [2.75, 3.05) is 0 Å². The van der Waals surface area contributed by atoms with Crippen molar-refractivity contribution in [1.29, 1.82) is 0 Å². The predicted octanol–water partition coefficient (Wildman–Crippen LogP) is 5.69. The Balaban J connectivity index is 1.69. The molecule has 0 radical (unpaired) electrons. The normalized spacial score (nSPS) is 10.9. The van der Waals surface area contributed by atoms with Crippen LogP contribution in [0.1, 0.15) is 58.3 Å². The van der Waals surface area contributed by atoms with Crippen molar-refractivity contribution in [2.45, 2.75) is 64.8 Å². The van der Waals surface area contributed by atoms with Gasteiger partial charge in [-0.05, 0) is 6.42 Å². The molecule has 0 amide bonds. The molecule has 0 aliphatic carbocycles. The van der Waals surface area contributed by atoms with Crippen LogP contribution in [-0.2, 0) is 6.54 Å². The fourth-order valence-corrected chi connectivity index (χ4v) is 2.75. The smallest absolute Gasteiger partial charge is 0.139 e. The first-order chi connectivity index (χ1) is 10.4. The van der Waals surface area contributed by atoms with Crippen LogP contribution in [0.15, 0.2) is 42.7 Å². The Labute approximate surface area is 129 Å². The molecule has 0 aliphatic heterocycles. The maximum atomic E-state index is 4.50. The van der Waals surface area contributed by atoms with Gasteiger partial charge in [0, 0.05) is 24.5 Å². The van der Waals surface area contributed by atoms with E-state index in [9.17, 15) is 0 Å². The molecule has 1 aromatic carbocycles. The number of nitrogens with zero attached hydrogens (tertiary/aromatic N) is 2. The molecule has 2 heteroatoms. The Kier molecular flexibility index (Phi) is 7.06. The summed E-state index contributed by atoms with van der Waals surface area (Å²) in [7, 11) is 0. The van der Waals surface area contributed by atoms with Crippen molar-refractivity contribution >= 4 is 0 Å². The van der Waals surface area contributed by atoms with Gasteiger partial charge >= 0.3 is 0 Å². The molecule has 0 saturated heterocycles. The summed E-state index contributed by atoms with van der Waals surface area (Å²) in [5.74, 6) is 1.10. The Bertz CT molecular complexity index is 487. The minimum atomic E-state index is 1.08. The summed E-state index contributed by atoms with van der Waals surface area (Å²) in [6.07, 6.45) is 14.9. The predicted molar refractivity (Wildman–Crippen MR) is 90.3 cm³/mol. The highest BCUT2D eigenvalue weighted by Crippen LogP contribution is 2.17. The van der Waals surface area contributed by atoms with Crippen LogP contribution in [0.4, 0.5) is 0 Å². The monoisotopic (exact) mass is 284 g/mol. The molecule has 0 fully saturated rings. The highest BCUT2D eigenvalue weighted by molar-refractivity contribution is 5.54. The average molecular weight is 284 g/mol. The molecule has 0 atom stereocenters. The molecule has 0 unspecified atom stereocenters. The molecule has 2 nitrogen and oxygen atoms in total. The molecule has 2 rings (SSSR count). The summed E-state index contributed by atoms with van der Waals surface area (Å²) in [5, 5.41) is 0. The van der Waals surface area contributed by atoms with Gasteiger partial charge in [0.2, 0.25) is 0 Å². The van der Waals surface area contributed by atoms with Gasteiger partial charge in [-0.25, -0.2) is 4.98 Å². The molecule has 0 N–H and O–H groups in total. The molecular formula is C19H28N2. The quantitative estimate of drug-likeness (QED) is 0.512. The van der Waals surface area contributed by atoms with E-state index in [-0.39, 0.29) is 0 Å². The molecule has 2 aromatic rings. The number of aryl methyl sites for hydroxylation is 1. The summed E-state index contributed by atoms with van der Waals surface area (Å²) in [4.78, 5) is 4.50. The second-order valence-electron chi connectivity index (χ2n) is 5.79. The van der Waals surface area contributed by atoms with Gasteiger partial charge < -0.3 is 4.57 Å². The summed E-state index contributed by atoms with van der Waals surface area (Å²) in [5.41, 5.74) is 1.21. The van der Waals surface area contributed by atoms with E-state index in [4.69, 9.17) is 0 Å². The Morgan fingerprint density at radius 2 is 1.52 bits per heavy atom. The van der Waals surface area contributed by atoms with Crippen LogP contribution >= 0.6 is 0 Å². The van der Waals surface area contributed by atoms with Crippen LogP contribution in [-0.4, -0.2) is 9.55 Å². The molecule has 21 heavy (non-hydrogen) atoms. The van der Waals surface area contributed by atoms with E-state index in [1.807, 2.05) is 6.20 Å². The lowest BCUT2D eigenvalue weighted by Crippen LogP contribution is -1.99. The van der Waals surface area contributed by atoms with E-state index in [1.54, 1.807) is 0 Å². The first kappa shape index (κ1) is 15.8. The second kappa shape index (κ2) is 9.38. The number of unbranched alkanes of at least 4 members (excludes halogenated alkanes) is 7. The van der Waals surface area contributed by atoms with Crippen molar-refractivity contribution < 1.29 is 0 Å². The fourth-order valence-electron chi connectivity index (χ4n) is 2.75. The van der Waals surface area contributed by atoms with Crippen molar-refractivity contribution in [3.63, 3.8) is 0 Å². The van der Waals surface area contributed by atoms with E-state index in [2.05, 4.69) is 53.0 Å². The van der Waals surface area contributed by atoms with Crippen LogP contribution < -0.4 is 0 Å². The fraction of sp³-hybridized carbons (Fsp3) is 0.526. The molecule has 0 bridgehead atoms. The van der Waals surface area contributed by atoms with Gasteiger partial charge in [-0.1, -0.05) is 82.2 Å². The number of benzene rings is 1. The highest BCUT2D eigenvalue weighted by Gasteiger charge is 2.04. The van der Waals surface area contributed by atoms with Gasteiger partial charge in [0.15, 0.2) is 0 Å². The van der Waals surface area contributed by atoms with Crippen LogP contribution in [0.25, 0.3) is 11.4 Å². The van der Waals surface area contributed by atoms with Gasteiger partial charge in [-0.3, -0.25) is 0 Å². The van der Waals surface area contributed by atoms with E-state index in [0.717, 1.165) is 12.4 Å². The second-order valence-corrected chi connectivity index (χ2v) is 5.79. The molecule has 1 heterocycles. The Hall–Kier alpha value is -1.57. The summed E-state index contributed by atoms with van der Waals surface area (Å²) in [6.45, 7) is 3.36. The molecule has 114 valence electrons. The maximum absolute atomic E-state index is 4.50. The SMILES string of the molecule is CCCCCCCCCCn1ccnc1-c1ccccc1. The average Bonchev–Trinajstić information content (AvgIpc) is 2.99. The maximum Gasteiger partial charge on any atom is 0.139 e. The van der Waals surface area contributed by atoms with Crippen molar-refractivity contribution in [3.05, 3.63) is 42.7 Å². The number of hydrogen-bond acceptors (Lipinski definition) is 1. The molecule has 0 saturated carbocycles.